The van der Waals surface area contributed by atoms with Crippen molar-refractivity contribution in [3.63, 3.8) is 0 Å². The van der Waals surface area contributed by atoms with E-state index in [0.29, 0.717) is 16.5 Å². The first kappa shape index (κ1) is 13.7. The standard InChI is InChI=1S/C13H16ClN3O2/c1-8-11(16-12(18)19-13(2,3)4)15-10-6-5-9(14)7-17(8)10/h5-7H,1-4H3,(H,16,18). The summed E-state index contributed by atoms with van der Waals surface area (Å²) in [6.45, 7) is 7.28. The van der Waals surface area contributed by atoms with Crippen molar-refractivity contribution in [1.82, 2.24) is 9.38 Å². The molecule has 5 nitrogen and oxygen atoms in total. The second-order valence-electron chi connectivity index (χ2n) is 5.25. The maximum absolute atomic E-state index is 11.7. The number of imidazole rings is 1. The Bertz CT molecular complexity index is 629. The SMILES string of the molecule is Cc1c(NC(=O)OC(C)(C)C)nc2ccc(Cl)cn12. The van der Waals surface area contributed by atoms with Crippen molar-refractivity contribution >= 4 is 29.2 Å². The van der Waals surface area contributed by atoms with Gasteiger partial charge in [0, 0.05) is 6.20 Å². The summed E-state index contributed by atoms with van der Waals surface area (Å²) in [5.41, 5.74) is 0.969. The molecule has 6 heteroatoms. The van der Waals surface area contributed by atoms with Gasteiger partial charge in [-0.2, -0.15) is 0 Å². The molecule has 0 spiro atoms. The summed E-state index contributed by atoms with van der Waals surface area (Å²) in [6.07, 6.45) is 1.23. The Morgan fingerprint density at radius 1 is 1.42 bits per heavy atom. The Labute approximate surface area is 116 Å². The minimum Gasteiger partial charge on any atom is -0.444 e. The number of pyridine rings is 1. The monoisotopic (exact) mass is 281 g/mol. The van der Waals surface area contributed by atoms with Crippen molar-refractivity contribution in [3.05, 3.63) is 29.0 Å². The quantitative estimate of drug-likeness (QED) is 0.868. The van der Waals surface area contributed by atoms with E-state index in [9.17, 15) is 4.79 Å². The second kappa shape index (κ2) is 4.74. The van der Waals surface area contributed by atoms with Crippen LogP contribution in [0.15, 0.2) is 18.3 Å². The van der Waals surface area contributed by atoms with Crippen LogP contribution in [0.3, 0.4) is 0 Å². The maximum atomic E-state index is 11.7. The summed E-state index contributed by atoms with van der Waals surface area (Å²) in [7, 11) is 0. The zero-order chi connectivity index (χ0) is 14.2. The van der Waals surface area contributed by atoms with Crippen molar-refractivity contribution in [3.8, 4) is 0 Å². The highest BCUT2D eigenvalue weighted by Crippen LogP contribution is 2.20. The molecule has 1 N–H and O–H groups in total. The van der Waals surface area contributed by atoms with Crippen molar-refractivity contribution in [2.75, 3.05) is 5.32 Å². The van der Waals surface area contributed by atoms with Gasteiger partial charge >= 0.3 is 6.09 Å². The predicted octanol–water partition coefficient (Wildman–Crippen LogP) is 3.64. The first-order chi connectivity index (χ1) is 8.76. The fourth-order valence-electron chi connectivity index (χ4n) is 1.65. The van der Waals surface area contributed by atoms with Gasteiger partial charge in [-0.3, -0.25) is 5.32 Å². The summed E-state index contributed by atoms with van der Waals surface area (Å²) in [5.74, 6) is 0.469. The lowest BCUT2D eigenvalue weighted by molar-refractivity contribution is 0.0635. The van der Waals surface area contributed by atoms with Gasteiger partial charge in [-0.25, -0.2) is 9.78 Å². The number of fused-ring (bicyclic) bond motifs is 1. The molecule has 102 valence electrons. The number of anilines is 1. The molecule has 2 rings (SSSR count). The number of carbonyl (C=O) groups is 1. The first-order valence-electron chi connectivity index (χ1n) is 5.90. The van der Waals surface area contributed by atoms with Gasteiger partial charge in [0.25, 0.3) is 0 Å². The van der Waals surface area contributed by atoms with Crippen molar-refractivity contribution < 1.29 is 9.53 Å². The van der Waals surface area contributed by atoms with Crippen LogP contribution in [0, 0.1) is 6.92 Å². The average Bonchev–Trinajstić information content (AvgIpc) is 2.54. The fourth-order valence-corrected chi connectivity index (χ4v) is 1.82. The van der Waals surface area contributed by atoms with Gasteiger partial charge in [0.2, 0.25) is 0 Å². The van der Waals surface area contributed by atoms with Crippen molar-refractivity contribution in [1.29, 1.82) is 0 Å². The molecule has 0 unspecified atom stereocenters. The van der Waals surface area contributed by atoms with Crippen LogP contribution in [-0.4, -0.2) is 21.1 Å². The van der Waals surface area contributed by atoms with E-state index in [1.807, 2.05) is 32.1 Å². The smallest absolute Gasteiger partial charge is 0.413 e. The van der Waals surface area contributed by atoms with E-state index in [1.165, 1.54) is 0 Å². The van der Waals surface area contributed by atoms with Crippen LogP contribution in [0.4, 0.5) is 10.6 Å². The van der Waals surface area contributed by atoms with Gasteiger partial charge in [-0.05, 0) is 39.8 Å². The Morgan fingerprint density at radius 3 is 2.74 bits per heavy atom. The Kier molecular flexibility index (Phi) is 3.41. The van der Waals surface area contributed by atoms with Crippen LogP contribution in [-0.2, 0) is 4.74 Å². The Balaban J connectivity index is 2.26. The van der Waals surface area contributed by atoms with E-state index in [4.69, 9.17) is 16.3 Å². The number of aromatic nitrogens is 2. The Morgan fingerprint density at radius 2 is 2.11 bits per heavy atom. The van der Waals surface area contributed by atoms with E-state index < -0.39 is 11.7 Å². The van der Waals surface area contributed by atoms with E-state index in [2.05, 4.69) is 10.3 Å². The molecule has 1 amide bonds. The summed E-state index contributed by atoms with van der Waals surface area (Å²) in [5, 5.41) is 3.25. The molecule has 0 radical (unpaired) electrons. The van der Waals surface area contributed by atoms with Crippen LogP contribution < -0.4 is 5.32 Å². The lowest BCUT2D eigenvalue weighted by Gasteiger charge is -2.19. The summed E-state index contributed by atoms with van der Waals surface area (Å²) in [4.78, 5) is 16.0. The summed E-state index contributed by atoms with van der Waals surface area (Å²) in [6, 6.07) is 3.54. The van der Waals surface area contributed by atoms with E-state index >= 15 is 0 Å². The number of nitrogens with one attached hydrogen (secondary N) is 1. The minimum absolute atomic E-state index is 0.469. The molecule has 0 aliphatic heterocycles. The molecule has 2 heterocycles. The number of rotatable bonds is 1. The Hall–Kier alpha value is -1.75. The van der Waals surface area contributed by atoms with Gasteiger partial charge in [-0.15, -0.1) is 0 Å². The minimum atomic E-state index is -0.541. The van der Waals surface area contributed by atoms with Gasteiger partial charge < -0.3 is 9.14 Å². The molecule has 0 aliphatic rings. The highest BCUT2D eigenvalue weighted by Gasteiger charge is 2.18. The predicted molar refractivity (Wildman–Crippen MR) is 74.8 cm³/mol. The van der Waals surface area contributed by atoms with Crippen molar-refractivity contribution in [2.45, 2.75) is 33.3 Å². The topological polar surface area (TPSA) is 55.6 Å². The van der Waals surface area contributed by atoms with Gasteiger partial charge in [0.1, 0.15) is 11.2 Å². The molecule has 0 bridgehead atoms. The zero-order valence-corrected chi connectivity index (χ0v) is 12.1. The lowest BCUT2D eigenvalue weighted by Crippen LogP contribution is -2.27. The summed E-state index contributed by atoms with van der Waals surface area (Å²) >= 11 is 5.93. The zero-order valence-electron chi connectivity index (χ0n) is 11.3. The number of hydrogen-bond donors (Lipinski definition) is 1. The molecular weight excluding hydrogens is 266 g/mol. The fraction of sp³-hybridized carbons (Fsp3) is 0.385. The van der Waals surface area contributed by atoms with Crippen LogP contribution in [0.25, 0.3) is 5.65 Å². The van der Waals surface area contributed by atoms with E-state index in [-0.39, 0.29) is 0 Å². The van der Waals surface area contributed by atoms with Gasteiger partial charge in [-0.1, -0.05) is 11.6 Å². The second-order valence-corrected chi connectivity index (χ2v) is 5.68. The van der Waals surface area contributed by atoms with E-state index in [0.717, 1.165) is 5.69 Å². The third-order valence-electron chi connectivity index (χ3n) is 2.44. The molecule has 2 aromatic heterocycles. The molecule has 0 saturated carbocycles. The molecule has 2 aromatic rings. The molecular formula is C13H16ClN3O2. The number of amides is 1. The number of nitrogens with zero attached hydrogens (tertiary/aromatic N) is 2. The molecule has 19 heavy (non-hydrogen) atoms. The van der Waals surface area contributed by atoms with Crippen LogP contribution in [0.5, 0.6) is 0 Å². The van der Waals surface area contributed by atoms with Crippen LogP contribution in [0.2, 0.25) is 5.02 Å². The summed E-state index contributed by atoms with van der Waals surface area (Å²) < 4.78 is 7.01. The number of hydrogen-bond acceptors (Lipinski definition) is 3. The van der Waals surface area contributed by atoms with Gasteiger partial charge in [0.15, 0.2) is 5.82 Å². The van der Waals surface area contributed by atoms with Gasteiger partial charge in [0.05, 0.1) is 10.7 Å². The maximum Gasteiger partial charge on any atom is 0.413 e. The van der Waals surface area contributed by atoms with Crippen LogP contribution >= 0.6 is 11.6 Å². The lowest BCUT2D eigenvalue weighted by atomic mass is 10.2. The molecule has 0 fully saturated rings. The number of carbonyl (C=O) groups excluding carboxylic acids is 1. The highest BCUT2D eigenvalue weighted by molar-refractivity contribution is 6.30. The third-order valence-corrected chi connectivity index (χ3v) is 2.66. The molecule has 0 saturated heterocycles. The first-order valence-corrected chi connectivity index (χ1v) is 6.28. The molecule has 0 aromatic carbocycles. The number of ether oxygens (including phenoxy) is 1. The number of aryl methyl sites for hydroxylation is 1. The molecule has 0 aliphatic carbocycles. The van der Waals surface area contributed by atoms with Crippen molar-refractivity contribution in [2.24, 2.45) is 0 Å². The average molecular weight is 282 g/mol. The third kappa shape index (κ3) is 3.17. The number of halogens is 1. The highest BCUT2D eigenvalue weighted by atomic mass is 35.5. The normalized spacial score (nSPS) is 11.6. The largest absolute Gasteiger partial charge is 0.444 e. The van der Waals surface area contributed by atoms with Crippen LogP contribution in [0.1, 0.15) is 26.5 Å². The van der Waals surface area contributed by atoms with E-state index in [1.54, 1.807) is 18.3 Å². The molecule has 0 atom stereocenters.